The number of aliphatic imine (C=N–C) groups is 1. The zero-order valence-electron chi connectivity index (χ0n) is 11.1. The van der Waals surface area contributed by atoms with Crippen molar-refractivity contribution in [3.05, 3.63) is 35.1 Å². The predicted octanol–water partition coefficient (Wildman–Crippen LogP) is 3.95. The van der Waals surface area contributed by atoms with Gasteiger partial charge in [-0.05, 0) is 30.1 Å². The lowest BCUT2D eigenvalue weighted by molar-refractivity contribution is 0.236. The minimum absolute atomic E-state index is 0.403. The Kier molecular flexibility index (Phi) is 3.35. The molecule has 0 aromatic carbocycles. The van der Waals surface area contributed by atoms with Gasteiger partial charge in [0.15, 0.2) is 0 Å². The van der Waals surface area contributed by atoms with Crippen LogP contribution < -0.4 is 0 Å². The Balaban J connectivity index is 1.72. The van der Waals surface area contributed by atoms with Crippen LogP contribution in [0.25, 0.3) is 0 Å². The average Bonchev–Trinajstić information content (AvgIpc) is 2.83. The average molecular weight is 243 g/mol. The maximum absolute atomic E-state index is 5.69. The van der Waals surface area contributed by atoms with E-state index in [0.717, 1.165) is 38.7 Å². The molecule has 3 aliphatic rings. The molecule has 2 heteroatoms. The number of nitrogens with zero attached hydrogens (tertiary/aromatic N) is 1. The number of allylic oxidation sites excluding steroid dienone is 4. The van der Waals surface area contributed by atoms with E-state index in [1.54, 1.807) is 0 Å². The summed E-state index contributed by atoms with van der Waals surface area (Å²) in [5.74, 6) is 1.25. The molecule has 0 N–H and O–H groups in total. The highest BCUT2D eigenvalue weighted by Crippen LogP contribution is 2.38. The molecule has 0 radical (unpaired) electrons. The normalized spacial score (nSPS) is 26.6. The summed E-state index contributed by atoms with van der Waals surface area (Å²) < 4.78 is 5.69. The molecular formula is C16H21NO. The van der Waals surface area contributed by atoms with Crippen molar-refractivity contribution >= 4 is 5.71 Å². The van der Waals surface area contributed by atoms with E-state index in [1.165, 1.54) is 29.0 Å². The number of hydrogen-bond acceptors (Lipinski definition) is 2. The summed E-state index contributed by atoms with van der Waals surface area (Å²) in [5.41, 5.74) is 4.24. The van der Waals surface area contributed by atoms with E-state index in [0.29, 0.717) is 6.04 Å². The number of fused-ring (bicyclic) bond motifs is 1. The first-order chi connectivity index (χ1) is 8.86. The van der Waals surface area contributed by atoms with Gasteiger partial charge in [0.2, 0.25) is 0 Å². The van der Waals surface area contributed by atoms with Crippen LogP contribution in [0, 0.1) is 0 Å². The molecule has 0 spiro atoms. The smallest absolute Gasteiger partial charge is 0.0995 e. The van der Waals surface area contributed by atoms with Gasteiger partial charge in [0, 0.05) is 25.0 Å². The van der Waals surface area contributed by atoms with Gasteiger partial charge in [-0.1, -0.05) is 25.5 Å². The molecule has 18 heavy (non-hydrogen) atoms. The van der Waals surface area contributed by atoms with Crippen LogP contribution in [0.4, 0.5) is 0 Å². The lowest BCUT2D eigenvalue weighted by Crippen LogP contribution is -2.20. The highest BCUT2D eigenvalue weighted by molar-refractivity contribution is 5.97. The molecule has 3 rings (SSSR count). The molecule has 0 fully saturated rings. The standard InChI is InChI=1S/C16H21NO/c1-2-3-4-5-14-7-6-12-11-16-13(8-9-18-16)10-15(12)17-14/h4-6,15H,2-3,7-11H2,1H3. The molecule has 96 valence electrons. The molecule has 0 aromatic heterocycles. The van der Waals surface area contributed by atoms with E-state index in [9.17, 15) is 0 Å². The van der Waals surface area contributed by atoms with Crippen molar-refractivity contribution in [1.82, 2.24) is 0 Å². The highest BCUT2D eigenvalue weighted by Gasteiger charge is 2.30. The lowest BCUT2D eigenvalue weighted by Gasteiger charge is -2.26. The summed E-state index contributed by atoms with van der Waals surface area (Å²) in [7, 11) is 0. The third-order valence-corrected chi connectivity index (χ3v) is 3.97. The molecule has 2 nitrogen and oxygen atoms in total. The monoisotopic (exact) mass is 243 g/mol. The van der Waals surface area contributed by atoms with Crippen molar-refractivity contribution in [2.45, 2.75) is 51.5 Å². The van der Waals surface area contributed by atoms with Crippen LogP contribution in [-0.2, 0) is 4.74 Å². The molecule has 0 aromatic rings. The Bertz CT molecular complexity index is 454. The van der Waals surface area contributed by atoms with Gasteiger partial charge in [0.05, 0.1) is 18.4 Å². The van der Waals surface area contributed by atoms with Crippen LogP contribution in [0.2, 0.25) is 0 Å². The fraction of sp³-hybridized carbons (Fsp3) is 0.562. The van der Waals surface area contributed by atoms with Crippen LogP contribution >= 0.6 is 0 Å². The van der Waals surface area contributed by atoms with Gasteiger partial charge in [-0.25, -0.2) is 0 Å². The number of dihydropyridines is 1. The van der Waals surface area contributed by atoms with Gasteiger partial charge in [-0.3, -0.25) is 4.99 Å². The van der Waals surface area contributed by atoms with Crippen molar-refractivity contribution in [3.63, 3.8) is 0 Å². The van der Waals surface area contributed by atoms with E-state index in [1.807, 2.05) is 0 Å². The van der Waals surface area contributed by atoms with Crippen LogP contribution in [0.15, 0.2) is 40.1 Å². The first kappa shape index (κ1) is 11.8. The summed E-state index contributed by atoms with van der Waals surface area (Å²) in [4.78, 5) is 4.91. The number of rotatable bonds is 3. The first-order valence-electron chi connectivity index (χ1n) is 7.12. The molecule has 2 aliphatic heterocycles. The summed E-state index contributed by atoms with van der Waals surface area (Å²) in [6.07, 6.45) is 13.4. The second kappa shape index (κ2) is 5.13. The largest absolute Gasteiger partial charge is 0.497 e. The van der Waals surface area contributed by atoms with E-state index in [4.69, 9.17) is 9.73 Å². The molecular weight excluding hydrogens is 222 g/mol. The number of unbranched alkanes of at least 4 members (excludes halogenated alkanes) is 1. The molecule has 0 saturated heterocycles. The minimum Gasteiger partial charge on any atom is -0.497 e. The van der Waals surface area contributed by atoms with Gasteiger partial charge in [0.1, 0.15) is 0 Å². The van der Waals surface area contributed by atoms with Crippen molar-refractivity contribution < 1.29 is 4.74 Å². The molecule has 1 atom stereocenters. The molecule has 0 amide bonds. The zero-order chi connectivity index (χ0) is 12.4. The third-order valence-electron chi connectivity index (χ3n) is 3.97. The lowest BCUT2D eigenvalue weighted by atomic mass is 9.86. The van der Waals surface area contributed by atoms with E-state index in [-0.39, 0.29) is 0 Å². The minimum atomic E-state index is 0.403. The van der Waals surface area contributed by atoms with Crippen molar-refractivity contribution in [1.29, 1.82) is 0 Å². The third kappa shape index (κ3) is 2.29. The summed E-state index contributed by atoms with van der Waals surface area (Å²) in [6, 6.07) is 0.403. The van der Waals surface area contributed by atoms with Gasteiger partial charge < -0.3 is 4.74 Å². The fourth-order valence-electron chi connectivity index (χ4n) is 2.92. The van der Waals surface area contributed by atoms with Crippen LogP contribution in [0.1, 0.15) is 45.4 Å². The molecule has 1 aliphatic carbocycles. The summed E-state index contributed by atoms with van der Waals surface area (Å²) >= 11 is 0. The van der Waals surface area contributed by atoms with Gasteiger partial charge in [0.25, 0.3) is 0 Å². The van der Waals surface area contributed by atoms with Gasteiger partial charge in [-0.15, -0.1) is 0 Å². The zero-order valence-corrected chi connectivity index (χ0v) is 11.1. The molecule has 0 saturated carbocycles. The maximum Gasteiger partial charge on any atom is 0.0995 e. The second-order valence-electron chi connectivity index (χ2n) is 5.32. The molecule has 1 unspecified atom stereocenters. The quantitative estimate of drug-likeness (QED) is 0.688. The van der Waals surface area contributed by atoms with Gasteiger partial charge >= 0.3 is 0 Å². The summed E-state index contributed by atoms with van der Waals surface area (Å²) in [5, 5.41) is 0. The Hall–Kier alpha value is -1.31. The van der Waals surface area contributed by atoms with Crippen LogP contribution in [0.3, 0.4) is 0 Å². The summed E-state index contributed by atoms with van der Waals surface area (Å²) in [6.45, 7) is 3.10. The highest BCUT2D eigenvalue weighted by atomic mass is 16.5. The van der Waals surface area contributed by atoms with E-state index in [2.05, 4.69) is 25.2 Å². The molecule has 2 heterocycles. The topological polar surface area (TPSA) is 21.6 Å². The van der Waals surface area contributed by atoms with Crippen LogP contribution in [0.5, 0.6) is 0 Å². The SMILES string of the molecule is CCCC=CC1=NC2CC3=C(CC2=CC1)OCC3. The first-order valence-corrected chi connectivity index (χ1v) is 7.12. The van der Waals surface area contributed by atoms with E-state index < -0.39 is 0 Å². The predicted molar refractivity (Wildman–Crippen MR) is 74.8 cm³/mol. The Morgan fingerprint density at radius 2 is 2.44 bits per heavy atom. The van der Waals surface area contributed by atoms with Crippen molar-refractivity contribution in [3.8, 4) is 0 Å². The van der Waals surface area contributed by atoms with Gasteiger partial charge in [-0.2, -0.15) is 0 Å². The fourth-order valence-corrected chi connectivity index (χ4v) is 2.92. The number of ether oxygens (including phenoxy) is 1. The second-order valence-corrected chi connectivity index (χ2v) is 5.32. The molecule has 0 bridgehead atoms. The van der Waals surface area contributed by atoms with Crippen molar-refractivity contribution in [2.75, 3.05) is 6.61 Å². The van der Waals surface area contributed by atoms with Crippen LogP contribution in [-0.4, -0.2) is 18.4 Å². The Morgan fingerprint density at radius 1 is 1.50 bits per heavy atom. The maximum atomic E-state index is 5.69. The Labute approximate surface area is 109 Å². The van der Waals surface area contributed by atoms with Crippen molar-refractivity contribution in [2.24, 2.45) is 4.99 Å². The Morgan fingerprint density at radius 3 is 3.33 bits per heavy atom. The van der Waals surface area contributed by atoms with E-state index >= 15 is 0 Å². The number of hydrogen-bond donors (Lipinski definition) is 0.